The zero-order valence-electron chi connectivity index (χ0n) is 7.31. The molecule has 0 aliphatic carbocycles. The summed E-state index contributed by atoms with van der Waals surface area (Å²) in [6, 6.07) is 2.30. The number of carbonyl (C=O) groups excluding carboxylic acids is 1. The smallest absolute Gasteiger partial charge is 0.126 e. The number of halogens is 2. The largest absolute Gasteiger partial charge is 0.303 e. The van der Waals surface area contributed by atoms with Crippen molar-refractivity contribution in [3.05, 3.63) is 34.9 Å². The minimum atomic E-state index is -0.444. The Morgan fingerprint density at radius 1 is 1.31 bits per heavy atom. The van der Waals surface area contributed by atoms with E-state index in [1.807, 2.05) is 0 Å². The van der Waals surface area contributed by atoms with E-state index in [4.69, 9.17) is 0 Å². The molecule has 0 aromatic heterocycles. The topological polar surface area (TPSA) is 17.1 Å². The Bertz CT molecular complexity index is 321. The van der Waals surface area contributed by atoms with Crippen LogP contribution in [0.3, 0.4) is 0 Å². The molecule has 0 amide bonds. The van der Waals surface area contributed by atoms with E-state index < -0.39 is 11.6 Å². The molecule has 0 heterocycles. The Labute approximate surface area is 75.4 Å². The van der Waals surface area contributed by atoms with Gasteiger partial charge in [-0.05, 0) is 36.6 Å². The van der Waals surface area contributed by atoms with Crippen LogP contribution in [0, 0.1) is 18.6 Å². The number of rotatable bonds is 3. The number of hydrogen-bond acceptors (Lipinski definition) is 1. The molecule has 13 heavy (non-hydrogen) atoms. The van der Waals surface area contributed by atoms with Crippen molar-refractivity contribution in [2.45, 2.75) is 19.8 Å². The van der Waals surface area contributed by atoms with Gasteiger partial charge in [0, 0.05) is 6.42 Å². The highest BCUT2D eigenvalue weighted by Gasteiger charge is 2.06. The fourth-order valence-electron chi connectivity index (χ4n) is 1.09. The van der Waals surface area contributed by atoms with Gasteiger partial charge in [0.25, 0.3) is 0 Å². The van der Waals surface area contributed by atoms with Gasteiger partial charge in [-0.15, -0.1) is 0 Å². The second-order valence-corrected chi connectivity index (χ2v) is 2.90. The van der Waals surface area contributed by atoms with Crippen LogP contribution in [-0.4, -0.2) is 6.29 Å². The molecule has 0 saturated carbocycles. The van der Waals surface area contributed by atoms with Crippen LogP contribution >= 0.6 is 0 Å². The molecule has 0 N–H and O–H groups in total. The van der Waals surface area contributed by atoms with Crippen molar-refractivity contribution in [3.63, 3.8) is 0 Å². The van der Waals surface area contributed by atoms with E-state index in [0.717, 1.165) is 12.1 Å². The van der Waals surface area contributed by atoms with Crippen molar-refractivity contribution in [1.29, 1.82) is 0 Å². The van der Waals surface area contributed by atoms with E-state index >= 15 is 0 Å². The third-order valence-corrected chi connectivity index (χ3v) is 1.86. The fourth-order valence-corrected chi connectivity index (χ4v) is 1.09. The Hall–Kier alpha value is -1.25. The van der Waals surface area contributed by atoms with Crippen LogP contribution in [0.1, 0.15) is 17.5 Å². The molecule has 1 nitrogen and oxygen atoms in total. The minimum Gasteiger partial charge on any atom is -0.303 e. The minimum absolute atomic E-state index is 0.222. The number of aryl methyl sites for hydroxylation is 2. The summed E-state index contributed by atoms with van der Waals surface area (Å²) < 4.78 is 26.0. The predicted molar refractivity (Wildman–Crippen MR) is 45.5 cm³/mol. The summed E-state index contributed by atoms with van der Waals surface area (Å²) in [5, 5.41) is 0. The lowest BCUT2D eigenvalue weighted by molar-refractivity contribution is -0.107. The van der Waals surface area contributed by atoms with Crippen molar-refractivity contribution in [2.24, 2.45) is 0 Å². The van der Waals surface area contributed by atoms with Crippen molar-refractivity contribution < 1.29 is 13.6 Å². The maximum absolute atomic E-state index is 13.1. The van der Waals surface area contributed by atoms with Gasteiger partial charge in [-0.2, -0.15) is 0 Å². The third-order valence-electron chi connectivity index (χ3n) is 1.86. The van der Waals surface area contributed by atoms with Gasteiger partial charge < -0.3 is 4.79 Å². The normalized spacial score (nSPS) is 10.1. The first kappa shape index (κ1) is 9.84. The molecule has 0 aliphatic rings. The van der Waals surface area contributed by atoms with E-state index in [-0.39, 0.29) is 24.0 Å². The molecule has 3 heteroatoms. The molecule has 70 valence electrons. The van der Waals surface area contributed by atoms with Gasteiger partial charge in [0.15, 0.2) is 0 Å². The van der Waals surface area contributed by atoms with Crippen molar-refractivity contribution in [1.82, 2.24) is 0 Å². The lowest BCUT2D eigenvalue weighted by atomic mass is 10.1. The Balaban J connectivity index is 2.94. The number of hydrogen-bond donors (Lipinski definition) is 0. The van der Waals surface area contributed by atoms with E-state index in [1.165, 1.54) is 6.92 Å². The average Bonchev–Trinajstić information content (AvgIpc) is 2.09. The molecule has 0 atom stereocenters. The number of aldehydes is 1. The summed E-state index contributed by atoms with van der Waals surface area (Å²) in [5.41, 5.74) is 0.544. The maximum Gasteiger partial charge on any atom is 0.126 e. The standard InChI is InChI=1S/C10H10F2O/c1-7-5-10(12)8(3-2-4-13)6-9(7)11/h4-6H,2-3H2,1H3. The van der Waals surface area contributed by atoms with Crippen LogP contribution in [0.2, 0.25) is 0 Å². The van der Waals surface area contributed by atoms with Crippen LogP contribution < -0.4 is 0 Å². The Kier molecular flexibility index (Phi) is 3.12. The van der Waals surface area contributed by atoms with Gasteiger partial charge in [0.1, 0.15) is 17.9 Å². The van der Waals surface area contributed by atoms with Gasteiger partial charge in [-0.3, -0.25) is 0 Å². The highest BCUT2D eigenvalue weighted by Crippen LogP contribution is 2.15. The number of benzene rings is 1. The molecule has 0 radical (unpaired) electrons. The zero-order chi connectivity index (χ0) is 9.84. The second-order valence-electron chi connectivity index (χ2n) is 2.90. The van der Waals surface area contributed by atoms with E-state index in [2.05, 4.69) is 0 Å². The van der Waals surface area contributed by atoms with E-state index in [9.17, 15) is 13.6 Å². The molecular weight excluding hydrogens is 174 g/mol. The fraction of sp³-hybridized carbons (Fsp3) is 0.300. The highest BCUT2D eigenvalue weighted by atomic mass is 19.1. The van der Waals surface area contributed by atoms with Crippen LogP contribution in [0.25, 0.3) is 0 Å². The molecule has 0 fully saturated rings. The summed E-state index contributed by atoms with van der Waals surface area (Å²) in [5.74, 6) is -0.872. The molecule has 0 spiro atoms. The quantitative estimate of drug-likeness (QED) is 0.659. The molecule has 0 bridgehead atoms. The van der Waals surface area contributed by atoms with Crippen molar-refractivity contribution in [2.75, 3.05) is 0 Å². The first-order valence-corrected chi connectivity index (χ1v) is 4.03. The SMILES string of the molecule is Cc1cc(F)c(CCC=O)cc1F. The number of carbonyl (C=O) groups is 1. The molecule has 0 aliphatic heterocycles. The summed E-state index contributed by atoms with van der Waals surface area (Å²) in [6.07, 6.45) is 1.17. The van der Waals surface area contributed by atoms with Crippen LogP contribution in [0.4, 0.5) is 8.78 Å². The third kappa shape index (κ3) is 2.34. The van der Waals surface area contributed by atoms with Crippen molar-refractivity contribution in [3.8, 4) is 0 Å². The molecule has 0 saturated heterocycles. The second kappa shape index (κ2) is 4.12. The first-order chi connectivity index (χ1) is 6.15. The molecule has 1 aromatic carbocycles. The highest BCUT2D eigenvalue weighted by molar-refractivity contribution is 5.50. The van der Waals surface area contributed by atoms with Crippen molar-refractivity contribution >= 4 is 6.29 Å². The van der Waals surface area contributed by atoms with Gasteiger partial charge in [-0.25, -0.2) is 8.78 Å². The summed E-state index contributed by atoms with van der Waals surface area (Å²) >= 11 is 0. The monoisotopic (exact) mass is 184 g/mol. The predicted octanol–water partition coefficient (Wildman–Crippen LogP) is 2.40. The lowest BCUT2D eigenvalue weighted by Gasteiger charge is -2.02. The van der Waals surface area contributed by atoms with Crippen LogP contribution in [0.5, 0.6) is 0 Å². The summed E-state index contributed by atoms with van der Waals surface area (Å²) in [7, 11) is 0. The maximum atomic E-state index is 13.1. The van der Waals surface area contributed by atoms with Gasteiger partial charge >= 0.3 is 0 Å². The summed E-state index contributed by atoms with van der Waals surface area (Å²) in [6.45, 7) is 1.50. The lowest BCUT2D eigenvalue weighted by Crippen LogP contribution is -1.95. The van der Waals surface area contributed by atoms with Gasteiger partial charge in [-0.1, -0.05) is 0 Å². The average molecular weight is 184 g/mol. The molecule has 1 rings (SSSR count). The molecule has 1 aromatic rings. The Morgan fingerprint density at radius 3 is 2.62 bits per heavy atom. The van der Waals surface area contributed by atoms with E-state index in [1.54, 1.807) is 0 Å². The van der Waals surface area contributed by atoms with Crippen LogP contribution in [0.15, 0.2) is 12.1 Å². The Morgan fingerprint density at radius 2 is 2.00 bits per heavy atom. The first-order valence-electron chi connectivity index (χ1n) is 4.03. The van der Waals surface area contributed by atoms with Crippen LogP contribution in [-0.2, 0) is 11.2 Å². The van der Waals surface area contributed by atoms with Gasteiger partial charge in [0.2, 0.25) is 0 Å². The zero-order valence-corrected chi connectivity index (χ0v) is 7.31. The molecular formula is C10H10F2O. The summed E-state index contributed by atoms with van der Waals surface area (Å²) in [4.78, 5) is 10.0. The molecule has 0 unspecified atom stereocenters. The van der Waals surface area contributed by atoms with Gasteiger partial charge in [0.05, 0.1) is 0 Å². The van der Waals surface area contributed by atoms with E-state index in [0.29, 0.717) is 6.29 Å².